The van der Waals surface area contributed by atoms with Gasteiger partial charge in [0, 0.05) is 23.7 Å². The lowest BCUT2D eigenvalue weighted by atomic mass is 9.94. The molecule has 1 heterocycles. The zero-order chi connectivity index (χ0) is 22.8. The van der Waals surface area contributed by atoms with Crippen LogP contribution in [0.2, 0.25) is 10.0 Å². The van der Waals surface area contributed by atoms with E-state index in [2.05, 4.69) is 4.85 Å². The van der Waals surface area contributed by atoms with Crippen molar-refractivity contribution in [3.05, 3.63) is 75.2 Å². The highest BCUT2D eigenvalue weighted by atomic mass is 35.5. The van der Waals surface area contributed by atoms with Crippen LogP contribution in [0.5, 0.6) is 0 Å². The van der Waals surface area contributed by atoms with Gasteiger partial charge in [0.2, 0.25) is 0 Å². The Morgan fingerprint density at radius 1 is 1.12 bits per heavy atom. The van der Waals surface area contributed by atoms with Gasteiger partial charge in [-0.1, -0.05) is 66.7 Å². The van der Waals surface area contributed by atoms with Gasteiger partial charge in [0.1, 0.15) is 0 Å². The van der Waals surface area contributed by atoms with E-state index < -0.39 is 0 Å². The molecular formula is C25H24Cl2N4O. The molecule has 0 unspecified atom stereocenters. The second-order valence-corrected chi connectivity index (χ2v) is 9.04. The van der Waals surface area contributed by atoms with Crippen LogP contribution in [0, 0.1) is 13.5 Å². The maximum absolute atomic E-state index is 13.5. The zero-order valence-corrected chi connectivity index (χ0v) is 19.6. The van der Waals surface area contributed by atoms with Crippen LogP contribution in [0.4, 0.5) is 5.69 Å². The van der Waals surface area contributed by atoms with Crippen molar-refractivity contribution in [2.24, 2.45) is 0 Å². The molecule has 164 valence electrons. The van der Waals surface area contributed by atoms with Gasteiger partial charge in [0.05, 0.1) is 23.0 Å². The van der Waals surface area contributed by atoms with Crippen molar-refractivity contribution < 1.29 is 4.79 Å². The maximum atomic E-state index is 13.5. The van der Waals surface area contributed by atoms with Crippen molar-refractivity contribution >= 4 is 34.8 Å². The number of halogens is 2. The standard InChI is InChI=1S/C25H24Cl2N4O/c1-16-23(25(32)30(3)20-7-5-4-6-8-20)29-31(22-14-11-18(26)15-21(22)27)24(16)17-9-12-19(28-2)13-10-17/h9-15,20H,4-8H2,1,3H3. The second kappa shape index (κ2) is 9.36. The van der Waals surface area contributed by atoms with Crippen molar-refractivity contribution in [3.63, 3.8) is 0 Å². The van der Waals surface area contributed by atoms with Gasteiger partial charge in [-0.05, 0) is 43.5 Å². The minimum Gasteiger partial charge on any atom is -0.337 e. The van der Waals surface area contributed by atoms with Gasteiger partial charge < -0.3 is 4.90 Å². The molecule has 5 nitrogen and oxygen atoms in total. The van der Waals surface area contributed by atoms with Crippen molar-refractivity contribution in [2.75, 3.05) is 7.05 Å². The lowest BCUT2D eigenvalue weighted by Crippen LogP contribution is -2.38. The smallest absolute Gasteiger partial charge is 0.274 e. The number of carbonyl (C=O) groups excluding carboxylic acids is 1. The van der Waals surface area contributed by atoms with Gasteiger partial charge in [0.15, 0.2) is 11.4 Å². The number of rotatable bonds is 4. The number of amides is 1. The average molecular weight is 467 g/mol. The summed E-state index contributed by atoms with van der Waals surface area (Å²) in [6, 6.07) is 12.7. The first-order valence-electron chi connectivity index (χ1n) is 10.7. The third-order valence-electron chi connectivity index (χ3n) is 6.18. The van der Waals surface area contributed by atoms with Gasteiger partial charge >= 0.3 is 0 Å². The van der Waals surface area contributed by atoms with Gasteiger partial charge in [-0.2, -0.15) is 5.10 Å². The molecule has 7 heteroatoms. The van der Waals surface area contributed by atoms with Crippen LogP contribution in [0.15, 0.2) is 42.5 Å². The molecule has 4 rings (SSSR count). The third kappa shape index (κ3) is 4.26. The fraction of sp³-hybridized carbons (Fsp3) is 0.320. The highest BCUT2D eigenvalue weighted by Gasteiger charge is 2.29. The molecule has 0 bridgehead atoms. The Labute approximate surface area is 198 Å². The first-order chi connectivity index (χ1) is 15.4. The van der Waals surface area contributed by atoms with E-state index in [1.807, 2.05) is 31.0 Å². The molecule has 1 aliphatic rings. The number of aromatic nitrogens is 2. The lowest BCUT2D eigenvalue weighted by Gasteiger charge is -2.30. The summed E-state index contributed by atoms with van der Waals surface area (Å²) in [5.74, 6) is -0.0859. The Kier molecular flexibility index (Phi) is 6.55. The molecule has 1 saturated carbocycles. The normalized spacial score (nSPS) is 14.2. The van der Waals surface area contributed by atoms with E-state index in [1.54, 1.807) is 35.0 Å². The number of benzene rings is 2. The Bertz CT molecular complexity index is 1190. The lowest BCUT2D eigenvalue weighted by molar-refractivity contribution is 0.0689. The maximum Gasteiger partial charge on any atom is 0.274 e. The van der Waals surface area contributed by atoms with Crippen molar-refractivity contribution in [3.8, 4) is 16.9 Å². The quantitative estimate of drug-likeness (QED) is 0.384. The fourth-order valence-corrected chi connectivity index (χ4v) is 4.85. The summed E-state index contributed by atoms with van der Waals surface area (Å²) in [6.07, 6.45) is 5.57. The minimum atomic E-state index is -0.0859. The number of hydrogen-bond donors (Lipinski definition) is 0. The van der Waals surface area contributed by atoms with E-state index in [-0.39, 0.29) is 11.9 Å². The van der Waals surface area contributed by atoms with E-state index in [1.165, 1.54) is 6.42 Å². The summed E-state index contributed by atoms with van der Waals surface area (Å²) < 4.78 is 1.71. The van der Waals surface area contributed by atoms with Crippen molar-refractivity contribution in [2.45, 2.75) is 45.1 Å². The number of nitrogens with zero attached hydrogens (tertiary/aromatic N) is 4. The molecule has 0 saturated heterocycles. The molecule has 1 amide bonds. The summed E-state index contributed by atoms with van der Waals surface area (Å²) in [6.45, 7) is 9.13. The predicted molar refractivity (Wildman–Crippen MR) is 129 cm³/mol. The Morgan fingerprint density at radius 3 is 2.44 bits per heavy atom. The van der Waals surface area contributed by atoms with Gasteiger partial charge in [-0.25, -0.2) is 9.53 Å². The van der Waals surface area contributed by atoms with E-state index in [0.717, 1.165) is 42.5 Å². The fourth-order valence-electron chi connectivity index (χ4n) is 4.36. The first-order valence-corrected chi connectivity index (χ1v) is 11.5. The molecule has 3 aromatic rings. The average Bonchev–Trinajstić information content (AvgIpc) is 3.15. The highest BCUT2D eigenvalue weighted by molar-refractivity contribution is 6.35. The number of carbonyl (C=O) groups is 1. The molecule has 0 aliphatic heterocycles. The molecule has 32 heavy (non-hydrogen) atoms. The molecule has 1 aromatic heterocycles. The third-order valence-corrected chi connectivity index (χ3v) is 6.71. The number of hydrogen-bond acceptors (Lipinski definition) is 2. The summed E-state index contributed by atoms with van der Waals surface area (Å²) >= 11 is 12.6. The van der Waals surface area contributed by atoms with Crippen LogP contribution < -0.4 is 0 Å². The van der Waals surface area contributed by atoms with Crippen LogP contribution in [-0.2, 0) is 0 Å². The van der Waals surface area contributed by atoms with E-state index in [0.29, 0.717) is 27.1 Å². The van der Waals surface area contributed by atoms with Crippen molar-refractivity contribution in [1.29, 1.82) is 0 Å². The highest BCUT2D eigenvalue weighted by Crippen LogP contribution is 2.34. The molecule has 2 aromatic carbocycles. The molecule has 0 N–H and O–H groups in total. The van der Waals surface area contributed by atoms with Crippen LogP contribution in [0.25, 0.3) is 21.8 Å². The largest absolute Gasteiger partial charge is 0.337 e. The molecule has 1 aliphatic carbocycles. The van der Waals surface area contributed by atoms with Gasteiger partial charge in [-0.15, -0.1) is 0 Å². The second-order valence-electron chi connectivity index (χ2n) is 8.20. The minimum absolute atomic E-state index is 0.0859. The van der Waals surface area contributed by atoms with Crippen molar-refractivity contribution in [1.82, 2.24) is 14.7 Å². The van der Waals surface area contributed by atoms with E-state index >= 15 is 0 Å². The summed E-state index contributed by atoms with van der Waals surface area (Å²) in [7, 11) is 1.87. The zero-order valence-electron chi connectivity index (χ0n) is 18.1. The Balaban J connectivity index is 1.84. The summed E-state index contributed by atoms with van der Waals surface area (Å²) in [5, 5.41) is 5.71. The topological polar surface area (TPSA) is 42.5 Å². The summed E-state index contributed by atoms with van der Waals surface area (Å²) in [5.41, 5.74) is 4.00. The van der Waals surface area contributed by atoms with Crippen LogP contribution >= 0.6 is 23.2 Å². The monoisotopic (exact) mass is 466 g/mol. The molecule has 0 spiro atoms. The van der Waals surface area contributed by atoms with Crippen LogP contribution in [-0.4, -0.2) is 33.7 Å². The van der Waals surface area contributed by atoms with E-state index in [4.69, 9.17) is 34.9 Å². The van der Waals surface area contributed by atoms with Crippen LogP contribution in [0.1, 0.15) is 48.2 Å². The first kappa shape index (κ1) is 22.4. The molecule has 0 radical (unpaired) electrons. The Hall–Kier alpha value is -2.81. The van der Waals surface area contributed by atoms with Gasteiger partial charge in [-0.3, -0.25) is 4.79 Å². The summed E-state index contributed by atoms with van der Waals surface area (Å²) in [4.78, 5) is 18.8. The van der Waals surface area contributed by atoms with Crippen LogP contribution in [0.3, 0.4) is 0 Å². The molecule has 0 atom stereocenters. The SMILES string of the molecule is [C-]#[N+]c1ccc(-c2c(C)c(C(=O)N(C)C3CCCCC3)nn2-c2ccc(Cl)cc2Cl)cc1. The predicted octanol–water partition coefficient (Wildman–Crippen LogP) is 7.11. The Morgan fingerprint density at radius 2 is 1.81 bits per heavy atom. The molecular weight excluding hydrogens is 443 g/mol. The van der Waals surface area contributed by atoms with E-state index in [9.17, 15) is 4.79 Å². The molecule has 1 fully saturated rings. The van der Waals surface area contributed by atoms with Gasteiger partial charge in [0.25, 0.3) is 5.91 Å².